The number of carbonyl (C=O) groups is 4. The summed E-state index contributed by atoms with van der Waals surface area (Å²) in [6.07, 6.45) is 10.8. The van der Waals surface area contributed by atoms with Crippen molar-refractivity contribution in [3.63, 3.8) is 0 Å². The van der Waals surface area contributed by atoms with Gasteiger partial charge in [-0.2, -0.15) is 5.10 Å². The zero-order chi connectivity index (χ0) is 34.5. The molecule has 2 N–H and O–H groups in total. The minimum atomic E-state index is -0.963. The molecular formula is C38H42N8O4. The smallest absolute Gasteiger partial charge is 0.262 e. The summed E-state index contributed by atoms with van der Waals surface area (Å²) in [6, 6.07) is 10.9. The minimum Gasteiger partial charge on any atom is -0.385 e. The van der Waals surface area contributed by atoms with Crippen LogP contribution in [0.2, 0.25) is 0 Å². The van der Waals surface area contributed by atoms with Gasteiger partial charge < -0.3 is 10.2 Å². The summed E-state index contributed by atoms with van der Waals surface area (Å²) in [7, 11) is 2.19. The molecule has 1 aliphatic carbocycles. The van der Waals surface area contributed by atoms with Crippen LogP contribution >= 0.6 is 0 Å². The summed E-state index contributed by atoms with van der Waals surface area (Å²) < 4.78 is 2.11. The molecule has 2 saturated heterocycles. The topological polar surface area (TPSA) is 142 Å². The van der Waals surface area contributed by atoms with E-state index in [4.69, 9.17) is 15.1 Å². The number of carbonyl (C=O) groups excluding carboxylic acids is 4. The summed E-state index contributed by atoms with van der Waals surface area (Å²) in [5.74, 6) is -0.835. The quantitative estimate of drug-likeness (QED) is 0.188. The van der Waals surface area contributed by atoms with Crippen LogP contribution in [0, 0.1) is 12.8 Å². The van der Waals surface area contributed by atoms with Crippen LogP contribution < -0.4 is 10.6 Å². The van der Waals surface area contributed by atoms with E-state index >= 15 is 0 Å². The molecule has 0 spiro atoms. The number of aryl methyl sites for hydroxylation is 1. The third-order valence-corrected chi connectivity index (χ3v) is 11.1. The van der Waals surface area contributed by atoms with Crippen molar-refractivity contribution in [2.45, 2.75) is 76.3 Å². The Morgan fingerprint density at radius 1 is 0.960 bits per heavy atom. The molecule has 5 heterocycles. The lowest BCUT2D eigenvalue weighted by atomic mass is 9.77. The van der Waals surface area contributed by atoms with Crippen molar-refractivity contribution in [2.24, 2.45) is 5.92 Å². The van der Waals surface area contributed by atoms with Crippen molar-refractivity contribution >= 4 is 40.3 Å². The van der Waals surface area contributed by atoms with E-state index in [-0.39, 0.29) is 29.9 Å². The van der Waals surface area contributed by atoms with Crippen molar-refractivity contribution < 1.29 is 19.2 Å². The van der Waals surface area contributed by atoms with Gasteiger partial charge in [-0.05, 0) is 114 Å². The number of hydrogen-bond donors (Lipinski definition) is 2. The monoisotopic (exact) mass is 674 g/mol. The maximum absolute atomic E-state index is 13.1. The number of para-hydroxylation sites is 1. The van der Waals surface area contributed by atoms with Gasteiger partial charge in [0.05, 0.1) is 45.8 Å². The summed E-state index contributed by atoms with van der Waals surface area (Å²) in [5, 5.41) is 10.5. The third-order valence-electron chi connectivity index (χ3n) is 11.1. The normalized spacial score (nSPS) is 22.9. The molecule has 0 bridgehead atoms. The summed E-state index contributed by atoms with van der Waals surface area (Å²) in [5.41, 5.74) is 7.47. The van der Waals surface area contributed by atoms with E-state index in [1.165, 1.54) is 5.56 Å². The van der Waals surface area contributed by atoms with E-state index in [0.29, 0.717) is 17.9 Å². The highest BCUT2D eigenvalue weighted by Gasteiger charge is 2.44. The Balaban J connectivity index is 0.834. The van der Waals surface area contributed by atoms with E-state index in [1.54, 1.807) is 18.2 Å². The number of fused-ring (bicyclic) bond motifs is 2. The fourth-order valence-electron chi connectivity index (χ4n) is 8.12. The maximum Gasteiger partial charge on any atom is 0.262 e. The molecule has 1 atom stereocenters. The summed E-state index contributed by atoms with van der Waals surface area (Å²) >= 11 is 0. The molecule has 2 aromatic heterocycles. The highest BCUT2D eigenvalue weighted by molar-refractivity contribution is 6.23. The predicted molar refractivity (Wildman–Crippen MR) is 188 cm³/mol. The van der Waals surface area contributed by atoms with Gasteiger partial charge in [-0.3, -0.25) is 39.1 Å². The number of piperidine rings is 2. The van der Waals surface area contributed by atoms with Crippen LogP contribution in [0.15, 0.2) is 48.8 Å². The first-order chi connectivity index (χ1) is 24.2. The Morgan fingerprint density at radius 3 is 2.56 bits per heavy atom. The second kappa shape index (κ2) is 13.1. The predicted octanol–water partition coefficient (Wildman–Crippen LogP) is 4.86. The standard InChI is InChI=1S/C38H42N8O4/c1-22-30(32-20-40-35-27(6-3-7-31(35)41-32)24-12-15-44(2)16-13-24)21-45(43-22)26-17-23(18-26)5-4-14-39-25-8-9-28-29(19-25)38(50)46(37(28)49)33-10-11-34(47)42-36(33)48/h3,6-9,19-21,23-24,26,33,39H,4-5,10-18H2,1-2H3,(H,42,47,48)/t23-,26-,33?. The van der Waals surface area contributed by atoms with E-state index in [2.05, 4.69) is 51.7 Å². The van der Waals surface area contributed by atoms with Gasteiger partial charge in [0.15, 0.2) is 0 Å². The second-order valence-corrected chi connectivity index (χ2v) is 14.4. The average Bonchev–Trinajstić information content (AvgIpc) is 3.59. The molecule has 8 rings (SSSR count). The highest BCUT2D eigenvalue weighted by Crippen LogP contribution is 2.41. The number of anilines is 1. The molecule has 4 aliphatic rings. The Morgan fingerprint density at radius 2 is 1.76 bits per heavy atom. The van der Waals surface area contributed by atoms with Crippen LogP contribution in [0.3, 0.4) is 0 Å². The number of aromatic nitrogens is 4. The van der Waals surface area contributed by atoms with E-state index in [1.807, 2.05) is 13.1 Å². The first kappa shape index (κ1) is 32.2. The zero-order valence-corrected chi connectivity index (χ0v) is 28.5. The fraction of sp³-hybridized carbons (Fsp3) is 0.447. The molecule has 1 saturated carbocycles. The number of nitrogens with one attached hydrogen (secondary N) is 2. The molecule has 12 heteroatoms. The lowest BCUT2D eigenvalue weighted by molar-refractivity contribution is -0.136. The third kappa shape index (κ3) is 5.95. The largest absolute Gasteiger partial charge is 0.385 e. The molecule has 3 aliphatic heterocycles. The molecule has 3 fully saturated rings. The van der Waals surface area contributed by atoms with Crippen LogP contribution in [0.5, 0.6) is 0 Å². The van der Waals surface area contributed by atoms with Gasteiger partial charge in [0.25, 0.3) is 11.8 Å². The highest BCUT2D eigenvalue weighted by atomic mass is 16.2. The number of nitrogens with zero attached hydrogens (tertiary/aromatic N) is 6. The molecule has 2 aromatic carbocycles. The Bertz CT molecular complexity index is 2010. The maximum atomic E-state index is 13.1. The zero-order valence-electron chi connectivity index (χ0n) is 28.5. The Kier molecular flexibility index (Phi) is 8.42. The van der Waals surface area contributed by atoms with Gasteiger partial charge in [-0.15, -0.1) is 0 Å². The van der Waals surface area contributed by atoms with Gasteiger partial charge in [0, 0.05) is 30.4 Å². The molecule has 4 amide bonds. The van der Waals surface area contributed by atoms with Crippen LogP contribution in [-0.2, 0) is 9.59 Å². The molecule has 4 aromatic rings. The van der Waals surface area contributed by atoms with Gasteiger partial charge in [-0.1, -0.05) is 12.1 Å². The number of amides is 4. The molecular weight excluding hydrogens is 632 g/mol. The number of hydrogen-bond acceptors (Lipinski definition) is 9. The fourth-order valence-corrected chi connectivity index (χ4v) is 8.12. The van der Waals surface area contributed by atoms with Gasteiger partial charge in [0.1, 0.15) is 6.04 Å². The van der Waals surface area contributed by atoms with Crippen LogP contribution in [0.25, 0.3) is 22.3 Å². The number of benzene rings is 2. The summed E-state index contributed by atoms with van der Waals surface area (Å²) in [6.45, 7) is 5.01. The molecule has 1 unspecified atom stereocenters. The van der Waals surface area contributed by atoms with Gasteiger partial charge in [-0.25, -0.2) is 4.98 Å². The molecule has 50 heavy (non-hydrogen) atoms. The van der Waals surface area contributed by atoms with Crippen molar-refractivity contribution in [3.8, 4) is 11.3 Å². The van der Waals surface area contributed by atoms with E-state index < -0.39 is 23.8 Å². The first-order valence-corrected chi connectivity index (χ1v) is 17.8. The van der Waals surface area contributed by atoms with Crippen LogP contribution in [-0.4, -0.2) is 85.9 Å². The summed E-state index contributed by atoms with van der Waals surface area (Å²) in [4.78, 5) is 63.3. The van der Waals surface area contributed by atoms with E-state index in [9.17, 15) is 19.2 Å². The lowest BCUT2D eigenvalue weighted by Gasteiger charge is -2.35. The van der Waals surface area contributed by atoms with Crippen molar-refractivity contribution in [3.05, 3.63) is 71.2 Å². The lowest BCUT2D eigenvalue weighted by Crippen LogP contribution is -2.54. The first-order valence-electron chi connectivity index (χ1n) is 17.8. The second-order valence-electron chi connectivity index (χ2n) is 14.4. The Hall–Kier alpha value is -4.97. The van der Waals surface area contributed by atoms with E-state index in [0.717, 1.165) is 96.7 Å². The molecule has 0 radical (unpaired) electrons. The van der Waals surface area contributed by atoms with Crippen LogP contribution in [0.1, 0.15) is 95.3 Å². The Labute approximate surface area is 290 Å². The molecule has 12 nitrogen and oxygen atoms in total. The van der Waals surface area contributed by atoms with Crippen molar-refractivity contribution in [1.29, 1.82) is 0 Å². The number of imide groups is 2. The minimum absolute atomic E-state index is 0.0983. The number of likely N-dealkylation sites (tertiary alicyclic amines) is 1. The van der Waals surface area contributed by atoms with Crippen molar-refractivity contribution in [2.75, 3.05) is 32.0 Å². The number of rotatable bonds is 9. The van der Waals surface area contributed by atoms with Gasteiger partial charge >= 0.3 is 0 Å². The van der Waals surface area contributed by atoms with Gasteiger partial charge in [0.2, 0.25) is 11.8 Å². The van der Waals surface area contributed by atoms with Crippen LogP contribution in [0.4, 0.5) is 5.69 Å². The SMILES string of the molecule is Cc1nn([C@H]2C[C@H](CCCNc3ccc4c(c3)C(=O)N(C3CCC(=O)NC3=O)C4=O)C2)cc1-c1cnc2c(C3CCN(C)CC3)cccc2n1. The van der Waals surface area contributed by atoms with Crippen molar-refractivity contribution in [1.82, 2.24) is 34.9 Å². The molecule has 258 valence electrons. The average molecular weight is 675 g/mol.